The average Bonchev–Trinajstić information content (AvgIpc) is 3.93. The maximum absolute atomic E-state index is 14.0. The van der Waals surface area contributed by atoms with E-state index in [0.717, 1.165) is 12.8 Å². The number of rotatable bonds is 8. The highest BCUT2D eigenvalue weighted by Crippen LogP contribution is 2.51. The van der Waals surface area contributed by atoms with Crippen molar-refractivity contribution in [3.8, 4) is 22.8 Å². The Morgan fingerprint density at radius 2 is 1.84 bits per heavy atom. The number of aliphatic hydroxyl groups is 1. The first kappa shape index (κ1) is 27.6. The Bertz CT molecular complexity index is 1720. The van der Waals surface area contributed by atoms with Crippen LogP contribution in [0.4, 0.5) is 17.6 Å². The van der Waals surface area contributed by atoms with E-state index in [1.807, 2.05) is 6.07 Å². The number of pyridine rings is 2. The molecule has 0 radical (unpaired) electrons. The highest BCUT2D eigenvalue weighted by atomic mass is 19.4. The third kappa shape index (κ3) is 5.26. The van der Waals surface area contributed by atoms with E-state index in [-0.39, 0.29) is 41.3 Å². The van der Waals surface area contributed by atoms with Crippen LogP contribution >= 0.6 is 0 Å². The van der Waals surface area contributed by atoms with Crippen molar-refractivity contribution >= 4 is 16.8 Å². The van der Waals surface area contributed by atoms with Gasteiger partial charge in [-0.3, -0.25) is 9.78 Å². The summed E-state index contributed by atoms with van der Waals surface area (Å²) in [4.78, 5) is 22.4. The van der Waals surface area contributed by atoms with Gasteiger partial charge in [-0.05, 0) is 80.1 Å². The second-order valence-electron chi connectivity index (χ2n) is 11.4. The maximum Gasteiger partial charge on any atom is 0.399 e. The van der Waals surface area contributed by atoms with Crippen molar-refractivity contribution in [3.63, 3.8) is 0 Å². The molecule has 3 aliphatic rings. The molecule has 2 aliphatic carbocycles. The molecule has 2 aromatic carbocycles. The first-order chi connectivity index (χ1) is 20.6. The zero-order chi connectivity index (χ0) is 29.9. The Morgan fingerprint density at radius 1 is 1.07 bits per heavy atom. The standard InChI is InChI=1S/C32H27F4N3O4/c33-21-7-3-17(4-8-21)28-29-23(24(15-42-29)32(34,35)36)14-26(39-28)31(41,20-5-6-20)16-38-30(40)19-12-18-2-1-11-37-27(18)25(13-19)43-22-9-10-22/h1-4,7-8,11-14,20,22,24,41H,5-6,9-10,15-16H2,(H,38,40)/t24-,31-/m1/s1. The van der Waals surface area contributed by atoms with Crippen LogP contribution in [0.5, 0.6) is 11.5 Å². The summed E-state index contributed by atoms with van der Waals surface area (Å²) >= 11 is 0. The van der Waals surface area contributed by atoms with Gasteiger partial charge >= 0.3 is 6.18 Å². The third-order valence-electron chi connectivity index (χ3n) is 8.25. The SMILES string of the molecule is O=C(NC[C@](O)(c1cc2c(c(-c3ccc(F)cc3)n1)OC[C@H]2C(F)(F)F)C1CC1)c1cc(OC2CC2)c2ncccc2c1. The average molecular weight is 594 g/mol. The number of carbonyl (C=O) groups excluding carboxylic acids is 1. The number of nitrogens with one attached hydrogen (secondary N) is 1. The second kappa shape index (κ2) is 10.2. The van der Waals surface area contributed by atoms with Crippen LogP contribution in [0, 0.1) is 11.7 Å². The van der Waals surface area contributed by atoms with E-state index in [1.54, 1.807) is 24.4 Å². The number of alkyl halides is 3. The fourth-order valence-corrected chi connectivity index (χ4v) is 5.58. The van der Waals surface area contributed by atoms with Crippen molar-refractivity contribution in [1.82, 2.24) is 15.3 Å². The van der Waals surface area contributed by atoms with Gasteiger partial charge in [-0.2, -0.15) is 13.2 Å². The predicted octanol–water partition coefficient (Wildman–Crippen LogP) is 6.04. The minimum atomic E-state index is -4.60. The van der Waals surface area contributed by atoms with Crippen LogP contribution < -0.4 is 14.8 Å². The number of hydrogen-bond acceptors (Lipinski definition) is 6. The van der Waals surface area contributed by atoms with E-state index in [9.17, 15) is 27.5 Å². The Labute approximate surface area is 243 Å². The van der Waals surface area contributed by atoms with E-state index in [0.29, 0.717) is 40.6 Å². The van der Waals surface area contributed by atoms with Crippen molar-refractivity contribution in [2.75, 3.05) is 13.2 Å². The lowest BCUT2D eigenvalue weighted by atomic mass is 9.88. The molecule has 0 saturated heterocycles. The largest absolute Gasteiger partial charge is 0.490 e. The summed E-state index contributed by atoms with van der Waals surface area (Å²) in [5.74, 6) is -2.81. The first-order valence-corrected chi connectivity index (χ1v) is 14.2. The lowest BCUT2D eigenvalue weighted by Crippen LogP contribution is -2.43. The molecule has 11 heteroatoms. The Balaban J connectivity index is 1.24. The van der Waals surface area contributed by atoms with Crippen LogP contribution in [0.3, 0.4) is 0 Å². The number of nitrogens with zero attached hydrogens (tertiary/aromatic N) is 2. The van der Waals surface area contributed by atoms with Crippen molar-refractivity contribution < 1.29 is 36.9 Å². The third-order valence-corrected chi connectivity index (χ3v) is 8.25. The Hall–Kier alpha value is -4.25. The van der Waals surface area contributed by atoms with Crippen LogP contribution in [0.2, 0.25) is 0 Å². The topological polar surface area (TPSA) is 93.6 Å². The molecule has 3 heterocycles. The van der Waals surface area contributed by atoms with Crippen LogP contribution in [-0.4, -0.2) is 46.4 Å². The second-order valence-corrected chi connectivity index (χ2v) is 11.4. The highest BCUT2D eigenvalue weighted by molar-refractivity contribution is 6.00. The van der Waals surface area contributed by atoms with Gasteiger partial charge in [-0.25, -0.2) is 9.37 Å². The van der Waals surface area contributed by atoms with E-state index >= 15 is 0 Å². The zero-order valence-electron chi connectivity index (χ0n) is 22.8. The molecule has 7 nitrogen and oxygen atoms in total. The summed E-state index contributed by atoms with van der Waals surface area (Å²) in [6.45, 7) is -0.911. The summed E-state index contributed by atoms with van der Waals surface area (Å²) in [5.41, 5.74) is -0.554. The molecule has 43 heavy (non-hydrogen) atoms. The molecule has 1 amide bonds. The molecule has 2 saturated carbocycles. The Morgan fingerprint density at radius 3 is 2.53 bits per heavy atom. The minimum Gasteiger partial charge on any atom is -0.490 e. The fraction of sp³-hybridized carbons (Fsp3) is 0.344. The normalized spacial score (nSPS) is 19.4. The molecule has 0 unspecified atom stereocenters. The number of aromatic nitrogens is 2. The molecular weight excluding hydrogens is 566 g/mol. The molecule has 2 N–H and O–H groups in total. The van der Waals surface area contributed by atoms with Crippen molar-refractivity contribution in [3.05, 3.63) is 83.4 Å². The van der Waals surface area contributed by atoms with Gasteiger partial charge in [0, 0.05) is 28.3 Å². The first-order valence-electron chi connectivity index (χ1n) is 14.2. The molecule has 222 valence electrons. The smallest absolute Gasteiger partial charge is 0.399 e. The van der Waals surface area contributed by atoms with Gasteiger partial charge < -0.3 is 19.9 Å². The van der Waals surface area contributed by atoms with Gasteiger partial charge in [-0.1, -0.05) is 6.07 Å². The lowest BCUT2D eigenvalue weighted by Gasteiger charge is -2.29. The molecule has 2 atom stereocenters. The Kier molecular flexibility index (Phi) is 6.53. The van der Waals surface area contributed by atoms with Crippen molar-refractivity contribution in [1.29, 1.82) is 0 Å². The van der Waals surface area contributed by atoms with E-state index in [1.165, 1.54) is 30.3 Å². The number of amides is 1. The molecule has 0 bridgehead atoms. The number of halogens is 4. The molecule has 1 aliphatic heterocycles. The molecule has 2 aromatic heterocycles. The summed E-state index contributed by atoms with van der Waals surface area (Å²) in [7, 11) is 0. The summed E-state index contributed by atoms with van der Waals surface area (Å²) < 4.78 is 67.2. The minimum absolute atomic E-state index is 0.00593. The number of carbonyl (C=O) groups is 1. The highest BCUT2D eigenvalue weighted by Gasteiger charge is 2.51. The van der Waals surface area contributed by atoms with E-state index in [2.05, 4.69) is 15.3 Å². The monoisotopic (exact) mass is 593 g/mol. The van der Waals surface area contributed by atoms with Gasteiger partial charge in [0.05, 0.1) is 18.3 Å². The molecular formula is C32H27F4N3O4. The van der Waals surface area contributed by atoms with Crippen LogP contribution in [-0.2, 0) is 5.60 Å². The molecule has 0 spiro atoms. The number of hydrogen-bond donors (Lipinski definition) is 2. The van der Waals surface area contributed by atoms with Gasteiger partial charge in [0.25, 0.3) is 5.91 Å². The number of fused-ring (bicyclic) bond motifs is 2. The summed E-state index contributed by atoms with van der Waals surface area (Å²) in [6, 6.07) is 13.3. The maximum atomic E-state index is 14.0. The fourth-order valence-electron chi connectivity index (χ4n) is 5.58. The van der Waals surface area contributed by atoms with Crippen LogP contribution in [0.1, 0.15) is 53.2 Å². The van der Waals surface area contributed by atoms with Crippen molar-refractivity contribution in [2.24, 2.45) is 5.92 Å². The summed E-state index contributed by atoms with van der Waals surface area (Å²) in [6.07, 6.45) is 0.194. The van der Waals surface area contributed by atoms with Gasteiger partial charge in [0.15, 0.2) is 0 Å². The number of benzene rings is 2. The quantitative estimate of drug-likeness (QED) is 0.242. The summed E-state index contributed by atoms with van der Waals surface area (Å²) in [5, 5.41) is 15.5. The lowest BCUT2D eigenvalue weighted by molar-refractivity contribution is -0.151. The van der Waals surface area contributed by atoms with E-state index < -0.39 is 36.0 Å². The van der Waals surface area contributed by atoms with Gasteiger partial charge in [-0.15, -0.1) is 0 Å². The predicted molar refractivity (Wildman–Crippen MR) is 148 cm³/mol. The van der Waals surface area contributed by atoms with Gasteiger partial charge in [0.2, 0.25) is 0 Å². The molecule has 2 fully saturated rings. The van der Waals surface area contributed by atoms with Crippen LogP contribution in [0.15, 0.2) is 60.8 Å². The number of ether oxygens (including phenoxy) is 2. The zero-order valence-corrected chi connectivity index (χ0v) is 22.8. The van der Waals surface area contributed by atoms with Crippen molar-refractivity contribution in [2.45, 2.75) is 49.5 Å². The van der Waals surface area contributed by atoms with Gasteiger partial charge in [0.1, 0.15) is 46.7 Å². The van der Waals surface area contributed by atoms with Crippen LogP contribution in [0.25, 0.3) is 22.2 Å². The molecule has 4 aromatic rings. The van der Waals surface area contributed by atoms with E-state index in [4.69, 9.17) is 9.47 Å². The molecule has 7 rings (SSSR count).